The zero-order chi connectivity index (χ0) is 18.5. The number of fused-ring (bicyclic) bond motifs is 1. The van der Waals surface area contributed by atoms with E-state index < -0.39 is 0 Å². The Bertz CT molecular complexity index is 753. The number of hydrogen-bond donors (Lipinski definition) is 1. The number of rotatable bonds is 3. The zero-order valence-electron chi connectivity index (χ0n) is 16.2. The molecule has 2 aliphatic heterocycles. The molecule has 27 heavy (non-hydrogen) atoms. The molecule has 0 bridgehead atoms. The van der Waals surface area contributed by atoms with Crippen LogP contribution in [-0.2, 0) is 0 Å². The van der Waals surface area contributed by atoms with Crippen LogP contribution in [0, 0.1) is 0 Å². The maximum Gasteiger partial charge on any atom is 0.228 e. The fraction of sp³-hybridized carbons (Fsp3) is 0.684. The second-order valence-electron chi connectivity index (χ2n) is 7.27. The van der Waals surface area contributed by atoms with Gasteiger partial charge >= 0.3 is 0 Å². The lowest BCUT2D eigenvalue weighted by molar-refractivity contribution is 0.579. The summed E-state index contributed by atoms with van der Waals surface area (Å²) in [4.78, 5) is 23.7. The van der Waals surface area contributed by atoms with Gasteiger partial charge in [0.15, 0.2) is 5.82 Å². The highest BCUT2D eigenvalue weighted by atomic mass is 32.2. The Labute approximate surface area is 165 Å². The third-order valence-corrected chi connectivity index (χ3v) is 6.10. The summed E-state index contributed by atoms with van der Waals surface area (Å²) in [5.41, 5.74) is 1.79. The number of anilines is 2. The van der Waals surface area contributed by atoms with Crippen molar-refractivity contribution in [3.63, 3.8) is 0 Å². The molecule has 4 rings (SSSR count). The predicted octanol–water partition coefficient (Wildman–Crippen LogP) is 2.71. The average molecular weight is 388 g/mol. The largest absolute Gasteiger partial charge is 0.355 e. The van der Waals surface area contributed by atoms with Crippen LogP contribution in [0.5, 0.6) is 0 Å². The van der Waals surface area contributed by atoms with Gasteiger partial charge in [-0.25, -0.2) is 15.0 Å². The molecule has 8 heteroatoms. The lowest BCUT2D eigenvalue weighted by atomic mass is 10.1. The molecule has 0 unspecified atom stereocenters. The standard InChI is InChI=1S/C19H29N7S/c1-27-18-16-15(21-14-22-18)17(25-10-6-4-2-3-5-7-11-25)24-19(23-16)26-12-8-20-9-13-26/h14,20H,2-13H2,1H3. The summed E-state index contributed by atoms with van der Waals surface area (Å²) in [7, 11) is 0. The minimum atomic E-state index is 0.823. The normalized spacial score (nSPS) is 19.6. The molecule has 0 spiro atoms. The van der Waals surface area contributed by atoms with Crippen LogP contribution in [-0.4, -0.2) is 65.5 Å². The van der Waals surface area contributed by atoms with Crippen LogP contribution in [0.15, 0.2) is 11.4 Å². The van der Waals surface area contributed by atoms with Crippen molar-refractivity contribution in [2.45, 2.75) is 43.6 Å². The van der Waals surface area contributed by atoms with Gasteiger partial charge < -0.3 is 15.1 Å². The molecule has 2 aromatic heterocycles. The molecule has 146 valence electrons. The Hall–Kier alpha value is -1.67. The van der Waals surface area contributed by atoms with Crippen molar-refractivity contribution in [1.82, 2.24) is 25.3 Å². The third kappa shape index (κ3) is 4.27. The van der Waals surface area contributed by atoms with Gasteiger partial charge in [-0.1, -0.05) is 25.7 Å². The smallest absolute Gasteiger partial charge is 0.228 e. The summed E-state index contributed by atoms with van der Waals surface area (Å²) >= 11 is 1.63. The van der Waals surface area contributed by atoms with E-state index in [2.05, 4.69) is 25.1 Å². The molecule has 0 atom stereocenters. The molecule has 0 aliphatic carbocycles. The van der Waals surface area contributed by atoms with Crippen molar-refractivity contribution in [2.75, 3.05) is 55.3 Å². The van der Waals surface area contributed by atoms with E-state index in [1.807, 2.05) is 6.26 Å². The van der Waals surface area contributed by atoms with E-state index in [0.717, 1.165) is 67.1 Å². The van der Waals surface area contributed by atoms with Crippen molar-refractivity contribution in [2.24, 2.45) is 0 Å². The van der Waals surface area contributed by atoms with Crippen LogP contribution in [0.4, 0.5) is 11.8 Å². The summed E-state index contributed by atoms with van der Waals surface area (Å²) in [6.07, 6.45) is 11.4. The molecule has 4 heterocycles. The molecule has 2 aromatic rings. The van der Waals surface area contributed by atoms with E-state index in [-0.39, 0.29) is 0 Å². The highest BCUT2D eigenvalue weighted by molar-refractivity contribution is 7.98. The Balaban J connectivity index is 1.78. The molecule has 0 saturated carbocycles. The Kier molecular flexibility index (Phi) is 6.24. The molecule has 0 aromatic carbocycles. The molecule has 2 fully saturated rings. The Morgan fingerprint density at radius 1 is 0.815 bits per heavy atom. The summed E-state index contributed by atoms with van der Waals surface area (Å²) in [5, 5.41) is 4.34. The van der Waals surface area contributed by atoms with Crippen molar-refractivity contribution >= 4 is 34.6 Å². The maximum atomic E-state index is 5.04. The molecule has 1 N–H and O–H groups in total. The lowest BCUT2D eigenvalue weighted by Gasteiger charge is -2.30. The van der Waals surface area contributed by atoms with E-state index in [1.165, 1.54) is 38.5 Å². The third-order valence-electron chi connectivity index (χ3n) is 5.42. The number of aromatic nitrogens is 4. The molecular weight excluding hydrogens is 358 g/mol. The van der Waals surface area contributed by atoms with Gasteiger partial charge in [0.1, 0.15) is 22.4 Å². The quantitative estimate of drug-likeness (QED) is 0.637. The van der Waals surface area contributed by atoms with Crippen molar-refractivity contribution < 1.29 is 0 Å². The van der Waals surface area contributed by atoms with Gasteiger partial charge in [0, 0.05) is 39.3 Å². The molecule has 0 amide bonds. The van der Waals surface area contributed by atoms with Gasteiger partial charge in [-0.05, 0) is 19.1 Å². The van der Waals surface area contributed by atoms with Gasteiger partial charge in [0.25, 0.3) is 0 Å². The maximum absolute atomic E-state index is 5.04. The first-order valence-corrected chi connectivity index (χ1v) is 11.4. The van der Waals surface area contributed by atoms with E-state index in [1.54, 1.807) is 18.1 Å². The van der Waals surface area contributed by atoms with Crippen LogP contribution in [0.25, 0.3) is 11.0 Å². The fourth-order valence-electron chi connectivity index (χ4n) is 3.91. The fourth-order valence-corrected chi connectivity index (χ4v) is 4.40. The van der Waals surface area contributed by atoms with Crippen LogP contribution >= 0.6 is 11.8 Å². The topological polar surface area (TPSA) is 70.1 Å². The first-order chi connectivity index (χ1) is 13.4. The number of nitrogens with one attached hydrogen (secondary N) is 1. The van der Waals surface area contributed by atoms with E-state index in [9.17, 15) is 0 Å². The van der Waals surface area contributed by atoms with Crippen LogP contribution in [0.1, 0.15) is 38.5 Å². The van der Waals surface area contributed by atoms with E-state index >= 15 is 0 Å². The summed E-state index contributed by atoms with van der Waals surface area (Å²) in [5.74, 6) is 1.82. The minimum absolute atomic E-state index is 0.823. The molecular formula is C19H29N7S. The second kappa shape index (κ2) is 9.01. The highest BCUT2D eigenvalue weighted by Crippen LogP contribution is 2.30. The van der Waals surface area contributed by atoms with Crippen LogP contribution < -0.4 is 15.1 Å². The van der Waals surface area contributed by atoms with E-state index in [4.69, 9.17) is 9.97 Å². The predicted molar refractivity (Wildman–Crippen MR) is 112 cm³/mol. The first-order valence-electron chi connectivity index (χ1n) is 10.1. The monoisotopic (exact) mass is 387 g/mol. The van der Waals surface area contributed by atoms with Gasteiger partial charge in [-0.15, -0.1) is 11.8 Å². The summed E-state index contributed by atoms with van der Waals surface area (Å²) in [6, 6.07) is 0. The van der Waals surface area contributed by atoms with Crippen LogP contribution in [0.2, 0.25) is 0 Å². The Morgan fingerprint density at radius 2 is 1.52 bits per heavy atom. The summed E-state index contributed by atoms with van der Waals surface area (Å²) in [6.45, 7) is 5.92. The molecule has 2 aliphatic rings. The lowest BCUT2D eigenvalue weighted by Crippen LogP contribution is -2.44. The van der Waals surface area contributed by atoms with Gasteiger partial charge in [0.2, 0.25) is 5.95 Å². The van der Waals surface area contributed by atoms with Gasteiger partial charge in [-0.3, -0.25) is 0 Å². The Morgan fingerprint density at radius 3 is 2.22 bits per heavy atom. The van der Waals surface area contributed by atoms with E-state index in [0.29, 0.717) is 0 Å². The molecule has 2 saturated heterocycles. The minimum Gasteiger partial charge on any atom is -0.355 e. The average Bonchev–Trinajstić information content (AvgIpc) is 2.87. The summed E-state index contributed by atoms with van der Waals surface area (Å²) < 4.78 is 0. The van der Waals surface area contributed by atoms with Gasteiger partial charge in [-0.2, -0.15) is 4.98 Å². The second-order valence-corrected chi connectivity index (χ2v) is 8.07. The van der Waals surface area contributed by atoms with Gasteiger partial charge in [0.05, 0.1) is 0 Å². The van der Waals surface area contributed by atoms with Crippen molar-refractivity contribution in [1.29, 1.82) is 0 Å². The first kappa shape index (κ1) is 18.7. The number of nitrogens with zero attached hydrogens (tertiary/aromatic N) is 6. The van der Waals surface area contributed by atoms with Crippen molar-refractivity contribution in [3.05, 3.63) is 6.33 Å². The highest BCUT2D eigenvalue weighted by Gasteiger charge is 2.22. The molecule has 7 nitrogen and oxygen atoms in total. The zero-order valence-corrected chi connectivity index (χ0v) is 17.0. The number of thioether (sulfide) groups is 1. The van der Waals surface area contributed by atoms with Crippen LogP contribution in [0.3, 0.4) is 0 Å². The number of piperazine rings is 1. The molecule has 0 radical (unpaired) electrons. The number of hydrogen-bond acceptors (Lipinski definition) is 8. The van der Waals surface area contributed by atoms with Crippen molar-refractivity contribution in [3.8, 4) is 0 Å². The SMILES string of the molecule is CSc1ncnc2c(N3CCCCCCCC3)nc(N3CCNCC3)nc12.